The number of ether oxygens (including phenoxy) is 1. The molecular formula is C18H27BrN2O4S. The number of benzene rings is 1. The van der Waals surface area contributed by atoms with E-state index in [9.17, 15) is 13.2 Å². The summed E-state index contributed by atoms with van der Waals surface area (Å²) in [6.45, 7) is 6.02. The number of sulfonamides is 1. The predicted octanol–water partition coefficient (Wildman–Crippen LogP) is 3.31. The number of carbonyl (C=O) groups is 1. The van der Waals surface area contributed by atoms with Crippen LogP contribution in [0.5, 0.6) is 0 Å². The van der Waals surface area contributed by atoms with E-state index in [0.29, 0.717) is 19.4 Å². The number of nitrogens with zero attached hydrogens (tertiary/aromatic N) is 1. The largest absolute Gasteiger partial charge is 0.444 e. The van der Waals surface area contributed by atoms with E-state index in [4.69, 9.17) is 4.74 Å². The highest BCUT2D eigenvalue weighted by molar-refractivity contribution is 9.10. The number of piperidine rings is 1. The van der Waals surface area contributed by atoms with Crippen molar-refractivity contribution in [3.05, 3.63) is 34.3 Å². The van der Waals surface area contributed by atoms with Gasteiger partial charge in [0.15, 0.2) is 0 Å². The molecule has 26 heavy (non-hydrogen) atoms. The number of carbonyl (C=O) groups excluding carboxylic acids is 1. The molecule has 1 N–H and O–H groups in total. The summed E-state index contributed by atoms with van der Waals surface area (Å²) in [5.74, 6) is 0. The van der Waals surface area contributed by atoms with Crippen LogP contribution in [0.2, 0.25) is 0 Å². The Morgan fingerprint density at radius 3 is 2.65 bits per heavy atom. The fourth-order valence-corrected chi connectivity index (χ4v) is 4.45. The molecule has 1 aliphatic heterocycles. The second-order valence-electron chi connectivity index (χ2n) is 7.71. The zero-order chi connectivity index (χ0) is 19.5. The minimum atomic E-state index is -3.38. The Kier molecular flexibility index (Phi) is 6.74. The second kappa shape index (κ2) is 8.27. The molecular weight excluding hydrogens is 420 g/mol. The van der Waals surface area contributed by atoms with Gasteiger partial charge in [-0.25, -0.2) is 17.9 Å². The first-order valence-corrected chi connectivity index (χ1v) is 11.3. The van der Waals surface area contributed by atoms with Crippen LogP contribution in [0.4, 0.5) is 4.79 Å². The van der Waals surface area contributed by atoms with Gasteiger partial charge in [-0.1, -0.05) is 28.1 Å². The van der Waals surface area contributed by atoms with Gasteiger partial charge in [0.25, 0.3) is 0 Å². The fourth-order valence-electron chi connectivity index (χ4n) is 3.17. The molecule has 1 fully saturated rings. The molecule has 0 bridgehead atoms. The monoisotopic (exact) mass is 446 g/mol. The number of amides is 1. The third-order valence-corrected chi connectivity index (χ3v) is 5.33. The molecule has 1 amide bonds. The smallest absolute Gasteiger partial charge is 0.410 e. The van der Waals surface area contributed by atoms with E-state index in [0.717, 1.165) is 22.7 Å². The summed E-state index contributed by atoms with van der Waals surface area (Å²) in [4.78, 5) is 14.4. The van der Waals surface area contributed by atoms with Gasteiger partial charge in [0.1, 0.15) is 5.60 Å². The van der Waals surface area contributed by atoms with Crippen molar-refractivity contribution in [2.45, 2.75) is 57.7 Å². The van der Waals surface area contributed by atoms with Gasteiger partial charge in [0, 0.05) is 17.1 Å². The van der Waals surface area contributed by atoms with Gasteiger partial charge in [0.05, 0.1) is 12.3 Å². The minimum absolute atomic E-state index is 0.303. The van der Waals surface area contributed by atoms with Gasteiger partial charge in [0.2, 0.25) is 10.0 Å². The van der Waals surface area contributed by atoms with Gasteiger partial charge in [-0.2, -0.15) is 0 Å². The van der Waals surface area contributed by atoms with Gasteiger partial charge in [-0.15, -0.1) is 0 Å². The Bertz CT molecular complexity index is 746. The quantitative estimate of drug-likeness (QED) is 0.769. The molecule has 6 nitrogen and oxygen atoms in total. The SMILES string of the molecule is CC(C)(C)OC(=O)N1CCCC(NS(C)(=O)=O)C1Cc1cccc(Br)c1. The molecule has 0 aromatic heterocycles. The number of halogens is 1. The van der Waals surface area contributed by atoms with E-state index in [-0.39, 0.29) is 12.1 Å². The fraction of sp³-hybridized carbons (Fsp3) is 0.611. The Morgan fingerprint density at radius 1 is 1.38 bits per heavy atom. The molecule has 1 heterocycles. The van der Waals surface area contributed by atoms with E-state index in [1.807, 2.05) is 45.0 Å². The Balaban J connectivity index is 2.29. The summed E-state index contributed by atoms with van der Waals surface area (Å²) in [7, 11) is -3.38. The number of hydrogen-bond donors (Lipinski definition) is 1. The molecule has 0 radical (unpaired) electrons. The van der Waals surface area contributed by atoms with E-state index in [1.54, 1.807) is 4.90 Å². The normalized spacial score (nSPS) is 21.5. The van der Waals surface area contributed by atoms with Crippen LogP contribution in [0.25, 0.3) is 0 Å². The van der Waals surface area contributed by atoms with Crippen LogP contribution in [-0.2, 0) is 21.2 Å². The van der Waals surface area contributed by atoms with E-state index in [1.165, 1.54) is 0 Å². The maximum Gasteiger partial charge on any atom is 0.410 e. The predicted molar refractivity (Wildman–Crippen MR) is 106 cm³/mol. The van der Waals surface area contributed by atoms with Crippen molar-refractivity contribution in [1.82, 2.24) is 9.62 Å². The van der Waals surface area contributed by atoms with Gasteiger partial charge in [-0.3, -0.25) is 0 Å². The average Bonchev–Trinajstić information content (AvgIpc) is 2.45. The first-order valence-electron chi connectivity index (χ1n) is 8.66. The molecule has 0 spiro atoms. The zero-order valence-electron chi connectivity index (χ0n) is 15.7. The summed E-state index contributed by atoms with van der Waals surface area (Å²) in [5, 5.41) is 0. The number of rotatable bonds is 4. The maximum atomic E-state index is 12.7. The van der Waals surface area contributed by atoms with Crippen LogP contribution >= 0.6 is 15.9 Å². The van der Waals surface area contributed by atoms with Crippen molar-refractivity contribution in [3.8, 4) is 0 Å². The van der Waals surface area contributed by atoms with Crippen molar-refractivity contribution in [3.63, 3.8) is 0 Å². The summed E-state index contributed by atoms with van der Waals surface area (Å²) >= 11 is 3.46. The lowest BCUT2D eigenvalue weighted by atomic mass is 9.92. The summed E-state index contributed by atoms with van der Waals surface area (Å²) in [5.41, 5.74) is 0.425. The first kappa shape index (κ1) is 21.2. The Morgan fingerprint density at radius 2 is 2.08 bits per heavy atom. The third-order valence-electron chi connectivity index (χ3n) is 4.11. The summed E-state index contributed by atoms with van der Waals surface area (Å²) in [6, 6.07) is 7.18. The number of likely N-dealkylation sites (tertiary alicyclic amines) is 1. The van der Waals surface area contributed by atoms with Gasteiger partial charge >= 0.3 is 6.09 Å². The topological polar surface area (TPSA) is 75.7 Å². The molecule has 0 saturated carbocycles. The molecule has 2 atom stereocenters. The molecule has 1 aromatic rings. The summed E-state index contributed by atoms with van der Waals surface area (Å²) < 4.78 is 32.8. The second-order valence-corrected chi connectivity index (χ2v) is 10.4. The molecule has 8 heteroatoms. The van der Waals surface area contributed by atoms with Crippen LogP contribution in [0.3, 0.4) is 0 Å². The van der Waals surface area contributed by atoms with Crippen LogP contribution in [0.1, 0.15) is 39.2 Å². The molecule has 1 aromatic carbocycles. The highest BCUT2D eigenvalue weighted by atomic mass is 79.9. The average molecular weight is 447 g/mol. The lowest BCUT2D eigenvalue weighted by Gasteiger charge is -2.41. The number of hydrogen-bond acceptors (Lipinski definition) is 4. The van der Waals surface area contributed by atoms with Crippen LogP contribution in [0.15, 0.2) is 28.7 Å². The van der Waals surface area contributed by atoms with Crippen LogP contribution in [0, 0.1) is 0 Å². The molecule has 2 unspecified atom stereocenters. The lowest BCUT2D eigenvalue weighted by Crippen LogP contribution is -2.58. The summed E-state index contributed by atoms with van der Waals surface area (Å²) in [6.07, 6.45) is 2.70. The van der Waals surface area contributed by atoms with Crippen molar-refractivity contribution in [1.29, 1.82) is 0 Å². The first-order chi connectivity index (χ1) is 11.9. The highest BCUT2D eigenvalue weighted by Crippen LogP contribution is 2.25. The molecule has 2 rings (SSSR count). The van der Waals surface area contributed by atoms with Crippen LogP contribution in [-0.4, -0.2) is 49.9 Å². The van der Waals surface area contributed by atoms with Crippen molar-refractivity contribution >= 4 is 32.0 Å². The maximum absolute atomic E-state index is 12.7. The lowest BCUT2D eigenvalue weighted by molar-refractivity contribution is 0.00592. The Hall–Kier alpha value is -1.12. The molecule has 146 valence electrons. The number of nitrogens with one attached hydrogen (secondary N) is 1. The Labute approximate surface area is 164 Å². The third kappa shape index (κ3) is 6.55. The minimum Gasteiger partial charge on any atom is -0.444 e. The van der Waals surface area contributed by atoms with Crippen molar-refractivity contribution < 1.29 is 17.9 Å². The highest BCUT2D eigenvalue weighted by Gasteiger charge is 2.37. The van der Waals surface area contributed by atoms with Crippen LogP contribution < -0.4 is 4.72 Å². The van der Waals surface area contributed by atoms with Crippen molar-refractivity contribution in [2.24, 2.45) is 0 Å². The van der Waals surface area contributed by atoms with Crippen molar-refractivity contribution in [2.75, 3.05) is 12.8 Å². The van der Waals surface area contributed by atoms with E-state index in [2.05, 4.69) is 20.7 Å². The van der Waals surface area contributed by atoms with Gasteiger partial charge in [-0.05, 0) is 57.7 Å². The molecule has 1 saturated heterocycles. The molecule has 0 aliphatic carbocycles. The standard InChI is InChI=1S/C18H27BrN2O4S/c1-18(2,3)25-17(22)21-10-6-9-15(20-26(4,23)24)16(21)12-13-7-5-8-14(19)11-13/h5,7-8,11,15-16,20H,6,9-10,12H2,1-4H3. The van der Waals surface area contributed by atoms with Gasteiger partial charge < -0.3 is 9.64 Å². The zero-order valence-corrected chi connectivity index (χ0v) is 18.1. The molecule has 1 aliphatic rings. The van der Waals surface area contributed by atoms with E-state index >= 15 is 0 Å². The van der Waals surface area contributed by atoms with E-state index < -0.39 is 21.7 Å².